The number of alkyl halides is 1. The van der Waals surface area contributed by atoms with Crippen LogP contribution < -0.4 is 4.74 Å². The van der Waals surface area contributed by atoms with Crippen LogP contribution in [0.4, 0.5) is 4.39 Å². The van der Waals surface area contributed by atoms with E-state index >= 15 is 0 Å². The van der Waals surface area contributed by atoms with E-state index in [0.717, 1.165) is 18.4 Å². The standard InChI is InChI=1S/C18H19ClFN3O2/c1-25-15-4-5-16(13(7-15)9-20)12-3-2-6-23(11-12)18(24)14-8-17(19)22-21-10-14/h4-5,7-8,10,12H,2-3,6,9,11H2,1H3. The van der Waals surface area contributed by atoms with E-state index in [1.165, 1.54) is 12.3 Å². The SMILES string of the molecule is COc1ccc(C2CCCN(C(=O)c3cnnc(Cl)c3)C2)c(CF)c1. The van der Waals surface area contributed by atoms with Crippen molar-refractivity contribution in [2.24, 2.45) is 0 Å². The summed E-state index contributed by atoms with van der Waals surface area (Å²) in [6.07, 6.45) is 3.19. The minimum absolute atomic E-state index is 0.0969. The molecular formula is C18H19ClFN3O2. The summed E-state index contributed by atoms with van der Waals surface area (Å²) in [5.41, 5.74) is 1.97. The summed E-state index contributed by atoms with van der Waals surface area (Å²) in [7, 11) is 1.56. The molecule has 1 saturated heterocycles. The van der Waals surface area contributed by atoms with Crippen molar-refractivity contribution in [1.29, 1.82) is 0 Å². The second-order valence-electron chi connectivity index (χ2n) is 6.06. The Morgan fingerprint density at radius 3 is 3.00 bits per heavy atom. The number of carbonyl (C=O) groups is 1. The fourth-order valence-electron chi connectivity index (χ4n) is 3.28. The minimum Gasteiger partial charge on any atom is -0.497 e. The highest BCUT2D eigenvalue weighted by Crippen LogP contribution is 2.32. The first-order valence-electron chi connectivity index (χ1n) is 8.12. The minimum atomic E-state index is -0.555. The van der Waals surface area contributed by atoms with Crippen LogP contribution in [0, 0.1) is 0 Å². The molecule has 0 aliphatic carbocycles. The molecule has 2 heterocycles. The highest BCUT2D eigenvalue weighted by atomic mass is 35.5. The molecule has 3 rings (SSSR count). The van der Waals surface area contributed by atoms with Crippen molar-refractivity contribution in [2.75, 3.05) is 20.2 Å². The third-order valence-corrected chi connectivity index (χ3v) is 4.70. The molecule has 1 aliphatic heterocycles. The normalized spacial score (nSPS) is 17.4. The van der Waals surface area contributed by atoms with Crippen molar-refractivity contribution in [2.45, 2.75) is 25.4 Å². The number of aromatic nitrogens is 2. The van der Waals surface area contributed by atoms with E-state index in [4.69, 9.17) is 16.3 Å². The summed E-state index contributed by atoms with van der Waals surface area (Å²) in [5, 5.41) is 7.58. The molecule has 1 unspecified atom stereocenters. The first kappa shape index (κ1) is 17.6. The quantitative estimate of drug-likeness (QED) is 0.832. The van der Waals surface area contributed by atoms with Gasteiger partial charge in [0.25, 0.3) is 5.91 Å². The Hall–Kier alpha value is -2.21. The Bertz CT molecular complexity index is 772. The smallest absolute Gasteiger partial charge is 0.255 e. The molecule has 5 nitrogen and oxygen atoms in total. The van der Waals surface area contributed by atoms with Gasteiger partial charge in [-0.1, -0.05) is 17.7 Å². The Kier molecular flexibility index (Phi) is 5.48. The highest BCUT2D eigenvalue weighted by molar-refractivity contribution is 6.29. The zero-order chi connectivity index (χ0) is 17.8. The van der Waals surface area contributed by atoms with E-state index in [9.17, 15) is 9.18 Å². The number of hydrogen-bond acceptors (Lipinski definition) is 4. The van der Waals surface area contributed by atoms with Gasteiger partial charge in [0.05, 0.1) is 18.9 Å². The predicted molar refractivity (Wildman–Crippen MR) is 92.7 cm³/mol. The van der Waals surface area contributed by atoms with Crippen molar-refractivity contribution in [3.63, 3.8) is 0 Å². The lowest BCUT2D eigenvalue weighted by atomic mass is 9.87. The number of rotatable bonds is 4. The Morgan fingerprint density at radius 2 is 2.28 bits per heavy atom. The van der Waals surface area contributed by atoms with Gasteiger partial charge in [0.2, 0.25) is 0 Å². The zero-order valence-corrected chi connectivity index (χ0v) is 14.7. The van der Waals surface area contributed by atoms with Crippen molar-refractivity contribution in [3.05, 3.63) is 52.3 Å². The number of halogens is 2. The van der Waals surface area contributed by atoms with Crippen LogP contribution in [-0.4, -0.2) is 41.2 Å². The highest BCUT2D eigenvalue weighted by Gasteiger charge is 2.27. The van der Waals surface area contributed by atoms with Crippen LogP contribution in [0.1, 0.15) is 40.2 Å². The van der Waals surface area contributed by atoms with Gasteiger partial charge >= 0.3 is 0 Å². The van der Waals surface area contributed by atoms with Gasteiger partial charge in [-0.25, -0.2) is 4.39 Å². The Balaban J connectivity index is 1.80. The van der Waals surface area contributed by atoms with Crippen LogP contribution in [-0.2, 0) is 6.67 Å². The van der Waals surface area contributed by atoms with Crippen molar-refractivity contribution in [1.82, 2.24) is 15.1 Å². The maximum absolute atomic E-state index is 13.5. The Morgan fingerprint density at radius 1 is 1.44 bits per heavy atom. The van der Waals surface area contributed by atoms with Crippen LogP contribution in [0.25, 0.3) is 0 Å². The zero-order valence-electron chi connectivity index (χ0n) is 13.9. The first-order chi connectivity index (χ1) is 12.1. The van der Waals surface area contributed by atoms with Gasteiger partial charge < -0.3 is 9.64 Å². The number of nitrogens with zero attached hydrogens (tertiary/aromatic N) is 3. The number of carbonyl (C=O) groups excluding carboxylic acids is 1. The van der Waals surface area contributed by atoms with Gasteiger partial charge in [-0.15, -0.1) is 5.10 Å². The molecule has 0 spiro atoms. The summed E-state index contributed by atoms with van der Waals surface area (Å²) >= 11 is 5.82. The second kappa shape index (κ2) is 7.78. The van der Waals surface area contributed by atoms with Gasteiger partial charge in [0, 0.05) is 19.0 Å². The summed E-state index contributed by atoms with van der Waals surface area (Å²) < 4.78 is 18.6. The molecule has 7 heteroatoms. The Labute approximate surface area is 150 Å². The maximum atomic E-state index is 13.5. The lowest BCUT2D eigenvalue weighted by Gasteiger charge is -2.33. The molecule has 0 N–H and O–H groups in total. The van der Waals surface area contributed by atoms with Gasteiger partial charge in [-0.05, 0) is 42.2 Å². The van der Waals surface area contributed by atoms with Crippen molar-refractivity contribution >= 4 is 17.5 Å². The largest absolute Gasteiger partial charge is 0.497 e. The summed E-state index contributed by atoms with van der Waals surface area (Å²) in [5.74, 6) is 0.606. The third-order valence-electron chi connectivity index (χ3n) is 4.51. The maximum Gasteiger partial charge on any atom is 0.255 e. The molecule has 1 aromatic heterocycles. The van der Waals surface area contributed by atoms with E-state index in [-0.39, 0.29) is 17.0 Å². The third kappa shape index (κ3) is 3.90. The van der Waals surface area contributed by atoms with Crippen LogP contribution in [0.2, 0.25) is 5.15 Å². The van der Waals surface area contributed by atoms with Gasteiger partial charge in [0.1, 0.15) is 12.4 Å². The topological polar surface area (TPSA) is 55.3 Å². The van der Waals surface area contributed by atoms with Crippen LogP contribution in [0.5, 0.6) is 5.75 Å². The molecule has 1 fully saturated rings. The summed E-state index contributed by atoms with van der Waals surface area (Å²) in [6.45, 7) is 0.648. The molecule has 1 aliphatic rings. The van der Waals surface area contributed by atoms with Crippen LogP contribution >= 0.6 is 11.6 Å². The molecular weight excluding hydrogens is 345 g/mol. The molecule has 2 aromatic rings. The molecule has 1 aromatic carbocycles. The number of methoxy groups -OCH3 is 1. The predicted octanol–water partition coefficient (Wildman–Crippen LogP) is 3.63. The van der Waals surface area contributed by atoms with E-state index in [1.54, 1.807) is 18.1 Å². The number of benzene rings is 1. The monoisotopic (exact) mass is 363 g/mol. The summed E-state index contributed by atoms with van der Waals surface area (Å²) in [6, 6.07) is 6.97. The number of piperidine rings is 1. The number of amides is 1. The molecule has 0 saturated carbocycles. The van der Waals surface area contributed by atoms with E-state index in [1.807, 2.05) is 12.1 Å². The fraction of sp³-hybridized carbons (Fsp3) is 0.389. The number of ether oxygens (including phenoxy) is 1. The van der Waals surface area contributed by atoms with Gasteiger partial charge in [-0.3, -0.25) is 4.79 Å². The average molecular weight is 364 g/mol. The molecule has 1 amide bonds. The summed E-state index contributed by atoms with van der Waals surface area (Å²) in [4.78, 5) is 14.5. The van der Waals surface area contributed by atoms with Gasteiger partial charge in [0.15, 0.2) is 5.15 Å². The average Bonchev–Trinajstić information content (AvgIpc) is 2.67. The molecule has 132 valence electrons. The number of likely N-dealkylation sites (tertiary alicyclic amines) is 1. The fourth-order valence-corrected chi connectivity index (χ4v) is 3.44. The van der Waals surface area contributed by atoms with Crippen molar-refractivity contribution in [3.8, 4) is 5.75 Å². The number of hydrogen-bond donors (Lipinski definition) is 0. The second-order valence-corrected chi connectivity index (χ2v) is 6.44. The lowest BCUT2D eigenvalue weighted by Crippen LogP contribution is -2.39. The molecule has 0 radical (unpaired) electrons. The van der Waals surface area contributed by atoms with E-state index < -0.39 is 6.67 Å². The molecule has 0 bridgehead atoms. The first-order valence-corrected chi connectivity index (χ1v) is 8.50. The van der Waals surface area contributed by atoms with E-state index in [0.29, 0.717) is 30.0 Å². The van der Waals surface area contributed by atoms with Crippen LogP contribution in [0.15, 0.2) is 30.5 Å². The lowest BCUT2D eigenvalue weighted by molar-refractivity contribution is 0.0706. The van der Waals surface area contributed by atoms with Crippen LogP contribution in [0.3, 0.4) is 0 Å². The molecule has 1 atom stereocenters. The van der Waals surface area contributed by atoms with E-state index in [2.05, 4.69) is 10.2 Å². The van der Waals surface area contributed by atoms with Crippen molar-refractivity contribution < 1.29 is 13.9 Å². The molecule has 25 heavy (non-hydrogen) atoms. The van der Waals surface area contributed by atoms with Gasteiger partial charge in [-0.2, -0.15) is 5.10 Å².